The first-order valence-corrected chi connectivity index (χ1v) is 12.2. The van der Waals surface area contributed by atoms with E-state index in [1.807, 2.05) is 49.4 Å². The van der Waals surface area contributed by atoms with E-state index < -0.39 is 23.2 Å². The van der Waals surface area contributed by atoms with Crippen LogP contribution in [0.2, 0.25) is 0 Å². The lowest BCUT2D eigenvalue weighted by Gasteiger charge is -2.37. The minimum Gasteiger partial charge on any atom is -0.444 e. The van der Waals surface area contributed by atoms with E-state index in [0.29, 0.717) is 38.0 Å². The molecule has 0 bridgehead atoms. The summed E-state index contributed by atoms with van der Waals surface area (Å²) in [5, 5.41) is 21.9. The highest BCUT2D eigenvalue weighted by molar-refractivity contribution is 5.92. The fraction of sp³-hybridized carbons (Fsp3) is 0.448. The second kappa shape index (κ2) is 11.4. The number of ether oxygens (including phenoxy) is 2. The zero-order valence-corrected chi connectivity index (χ0v) is 21.4. The number of aryl methyl sites for hydroxylation is 1. The van der Waals surface area contributed by atoms with E-state index in [-0.39, 0.29) is 12.2 Å². The van der Waals surface area contributed by atoms with Gasteiger partial charge in [-0.15, -0.1) is 0 Å². The van der Waals surface area contributed by atoms with Gasteiger partial charge in [-0.1, -0.05) is 36.4 Å². The molecule has 1 amide bonds. The molecular formula is C29H33N3O4. The van der Waals surface area contributed by atoms with Crippen molar-refractivity contribution in [1.82, 2.24) is 5.32 Å². The molecule has 188 valence electrons. The number of nitrogens with zero attached hydrogens (tertiary/aromatic N) is 2. The maximum atomic E-state index is 13.4. The van der Waals surface area contributed by atoms with E-state index >= 15 is 0 Å². The number of nitriles is 2. The molecule has 1 aliphatic rings. The first-order valence-electron chi connectivity index (χ1n) is 12.2. The van der Waals surface area contributed by atoms with Gasteiger partial charge in [-0.05, 0) is 62.4 Å². The molecule has 7 heteroatoms. The standard InChI is InChI=1S/C29H33N3O4/c1-20-5-8-24(17-25(20)19-31)23-9-6-21(7-10-23)15-22(18-30)16-26(33)29(11-13-35-14-12-29)32-27(34)36-28(2,3)4/h5-10,17,22H,11-16H2,1-4H3,(H,32,34)/t22-/m1/s1. The van der Waals surface area contributed by atoms with Crippen LogP contribution in [0.3, 0.4) is 0 Å². The van der Waals surface area contributed by atoms with Crippen molar-refractivity contribution < 1.29 is 19.1 Å². The average Bonchev–Trinajstić information content (AvgIpc) is 2.83. The van der Waals surface area contributed by atoms with Crippen LogP contribution >= 0.6 is 0 Å². The third-order valence-electron chi connectivity index (χ3n) is 6.36. The molecule has 3 rings (SSSR count). The summed E-state index contributed by atoms with van der Waals surface area (Å²) in [6.07, 6.45) is 0.492. The number of hydrogen-bond acceptors (Lipinski definition) is 6. The highest BCUT2D eigenvalue weighted by atomic mass is 16.6. The van der Waals surface area contributed by atoms with Gasteiger partial charge in [0.05, 0.1) is 23.6 Å². The molecule has 1 heterocycles. The largest absolute Gasteiger partial charge is 0.444 e. The van der Waals surface area contributed by atoms with E-state index in [1.165, 1.54) is 0 Å². The predicted octanol–water partition coefficient (Wildman–Crippen LogP) is 5.25. The Morgan fingerprint density at radius 2 is 1.72 bits per heavy atom. The minimum atomic E-state index is -1.09. The average molecular weight is 488 g/mol. The molecule has 2 aromatic carbocycles. The van der Waals surface area contributed by atoms with Crippen LogP contribution < -0.4 is 5.32 Å². The highest BCUT2D eigenvalue weighted by Gasteiger charge is 2.42. The van der Waals surface area contributed by atoms with Crippen LogP contribution in [-0.2, 0) is 20.7 Å². The van der Waals surface area contributed by atoms with Crippen LogP contribution in [0, 0.1) is 35.5 Å². The Bertz CT molecular complexity index is 1180. The van der Waals surface area contributed by atoms with Gasteiger partial charge in [-0.2, -0.15) is 10.5 Å². The number of carbonyl (C=O) groups is 2. The summed E-state index contributed by atoms with van der Waals surface area (Å²) in [7, 11) is 0. The number of nitrogens with one attached hydrogen (secondary N) is 1. The van der Waals surface area contributed by atoms with E-state index in [2.05, 4.69) is 17.5 Å². The van der Waals surface area contributed by atoms with Gasteiger partial charge in [0.25, 0.3) is 0 Å². The van der Waals surface area contributed by atoms with Crippen LogP contribution in [0.15, 0.2) is 42.5 Å². The summed E-state index contributed by atoms with van der Waals surface area (Å²) in [5.41, 5.74) is 2.66. The molecule has 0 spiro atoms. The van der Waals surface area contributed by atoms with Crippen LogP contribution in [0.4, 0.5) is 4.79 Å². The van der Waals surface area contributed by atoms with Crippen LogP contribution in [0.1, 0.15) is 56.7 Å². The maximum Gasteiger partial charge on any atom is 0.408 e. The summed E-state index contributed by atoms with van der Waals surface area (Å²) in [6, 6.07) is 18.1. The van der Waals surface area contributed by atoms with E-state index in [4.69, 9.17) is 9.47 Å². The molecule has 1 atom stereocenters. The first kappa shape index (κ1) is 26.9. The van der Waals surface area contributed by atoms with E-state index in [1.54, 1.807) is 20.8 Å². The fourth-order valence-electron chi connectivity index (χ4n) is 4.31. The summed E-state index contributed by atoms with van der Waals surface area (Å²) in [5.74, 6) is -0.711. The molecule has 0 radical (unpaired) electrons. The van der Waals surface area contributed by atoms with Crippen molar-refractivity contribution in [3.05, 3.63) is 59.2 Å². The highest BCUT2D eigenvalue weighted by Crippen LogP contribution is 2.28. The van der Waals surface area contributed by atoms with Gasteiger partial charge < -0.3 is 14.8 Å². The van der Waals surface area contributed by atoms with Crippen molar-refractivity contribution in [3.8, 4) is 23.3 Å². The lowest BCUT2D eigenvalue weighted by molar-refractivity contribution is -0.130. The Morgan fingerprint density at radius 3 is 2.31 bits per heavy atom. The molecule has 0 aromatic heterocycles. The van der Waals surface area contributed by atoms with E-state index in [0.717, 1.165) is 22.3 Å². The van der Waals surface area contributed by atoms with Crippen LogP contribution in [0.25, 0.3) is 11.1 Å². The topological polar surface area (TPSA) is 112 Å². The van der Waals surface area contributed by atoms with Crippen LogP contribution in [0.5, 0.6) is 0 Å². The molecule has 0 unspecified atom stereocenters. The molecular weight excluding hydrogens is 454 g/mol. The Morgan fingerprint density at radius 1 is 1.08 bits per heavy atom. The zero-order chi connectivity index (χ0) is 26.3. The van der Waals surface area contributed by atoms with Gasteiger partial charge in [-0.3, -0.25) is 4.79 Å². The lowest BCUT2D eigenvalue weighted by Crippen LogP contribution is -2.58. The molecule has 0 saturated carbocycles. The Kier molecular flexibility index (Phi) is 8.50. The van der Waals surface area contributed by atoms with Crippen molar-refractivity contribution in [3.63, 3.8) is 0 Å². The molecule has 7 nitrogen and oxygen atoms in total. The van der Waals surface area contributed by atoms with Gasteiger partial charge in [0.1, 0.15) is 11.1 Å². The lowest BCUT2D eigenvalue weighted by atomic mass is 9.80. The van der Waals surface area contributed by atoms with Gasteiger partial charge in [-0.25, -0.2) is 4.79 Å². The van der Waals surface area contributed by atoms with E-state index in [9.17, 15) is 20.1 Å². The van der Waals surface area contributed by atoms with Crippen LogP contribution in [-0.4, -0.2) is 36.2 Å². The number of ketones is 1. The van der Waals surface area contributed by atoms with Gasteiger partial charge in [0, 0.05) is 32.5 Å². The number of alkyl carbamates (subject to hydrolysis) is 1. The molecule has 36 heavy (non-hydrogen) atoms. The monoisotopic (exact) mass is 487 g/mol. The summed E-state index contributed by atoms with van der Waals surface area (Å²) >= 11 is 0. The second-order valence-electron chi connectivity index (χ2n) is 10.3. The Balaban J connectivity index is 1.70. The molecule has 1 aliphatic heterocycles. The maximum absolute atomic E-state index is 13.4. The number of amides is 1. The summed E-state index contributed by atoms with van der Waals surface area (Å²) in [4.78, 5) is 25.9. The van der Waals surface area contributed by atoms with Crippen molar-refractivity contribution in [2.75, 3.05) is 13.2 Å². The number of carbonyl (C=O) groups excluding carboxylic acids is 2. The SMILES string of the molecule is Cc1ccc(-c2ccc(C[C@@H](C#N)CC(=O)C3(NC(=O)OC(C)(C)C)CCOCC3)cc2)cc1C#N. The quantitative estimate of drug-likeness (QED) is 0.571. The van der Waals surface area contributed by atoms with Crippen molar-refractivity contribution in [2.45, 2.75) is 64.5 Å². The summed E-state index contributed by atoms with van der Waals surface area (Å²) < 4.78 is 10.8. The third kappa shape index (κ3) is 6.93. The van der Waals surface area contributed by atoms with Crippen molar-refractivity contribution in [2.24, 2.45) is 5.92 Å². The van der Waals surface area contributed by atoms with Crippen molar-refractivity contribution >= 4 is 11.9 Å². The zero-order valence-electron chi connectivity index (χ0n) is 21.4. The van der Waals surface area contributed by atoms with Gasteiger partial charge >= 0.3 is 6.09 Å². The second-order valence-corrected chi connectivity index (χ2v) is 10.3. The fourth-order valence-corrected chi connectivity index (χ4v) is 4.31. The normalized spacial score (nSPS) is 15.7. The Hall–Kier alpha value is -3.68. The molecule has 1 fully saturated rings. The van der Waals surface area contributed by atoms with Gasteiger partial charge in [0.15, 0.2) is 5.78 Å². The number of rotatable bonds is 7. The van der Waals surface area contributed by atoms with Gasteiger partial charge in [0.2, 0.25) is 0 Å². The molecule has 1 saturated heterocycles. The molecule has 0 aliphatic carbocycles. The number of hydrogen-bond donors (Lipinski definition) is 1. The Labute approximate surface area is 213 Å². The first-order chi connectivity index (χ1) is 17.0. The number of Topliss-reactive ketones (excluding diaryl/α,β-unsaturated/α-hetero) is 1. The third-order valence-corrected chi connectivity index (χ3v) is 6.36. The smallest absolute Gasteiger partial charge is 0.408 e. The minimum absolute atomic E-state index is 0.0253. The molecule has 1 N–H and O–H groups in total. The summed E-state index contributed by atoms with van der Waals surface area (Å²) in [6.45, 7) is 7.91. The van der Waals surface area contributed by atoms with Crippen molar-refractivity contribution in [1.29, 1.82) is 10.5 Å². The number of benzene rings is 2. The molecule has 2 aromatic rings. The predicted molar refractivity (Wildman–Crippen MR) is 136 cm³/mol.